The molecule has 0 bridgehead atoms. The molecule has 3 N–H and O–H groups in total. The van der Waals surface area contributed by atoms with E-state index in [0.717, 1.165) is 5.65 Å². The Morgan fingerprint density at radius 2 is 1.68 bits per heavy atom. The second kappa shape index (κ2) is 5.57. The molecule has 0 unspecified atom stereocenters. The number of benzene rings is 1. The van der Waals surface area contributed by atoms with Gasteiger partial charge in [-0.3, -0.25) is 0 Å². The topological polar surface area (TPSA) is 95.7 Å². The fourth-order valence-corrected chi connectivity index (χ4v) is 1.98. The van der Waals surface area contributed by atoms with Crippen LogP contribution < -0.4 is 10.6 Å². The molecular weight excluding hydrogens is 284 g/mol. The first kappa shape index (κ1) is 13.6. The maximum atomic E-state index is 11.9. The first-order valence-corrected chi connectivity index (χ1v) is 6.46. The summed E-state index contributed by atoms with van der Waals surface area (Å²) in [5, 5.41) is 14.1. The number of anilines is 2. The van der Waals surface area contributed by atoms with Crippen LogP contribution in [0.2, 0.25) is 0 Å². The number of carboxylic acid groups (broad SMARTS) is 1. The molecule has 7 nitrogen and oxygen atoms in total. The van der Waals surface area contributed by atoms with Crippen LogP contribution in [0.15, 0.2) is 55.0 Å². The summed E-state index contributed by atoms with van der Waals surface area (Å²) in [6.07, 6.45) is 5.20. The zero-order valence-corrected chi connectivity index (χ0v) is 11.4. The van der Waals surface area contributed by atoms with Crippen molar-refractivity contribution in [2.75, 3.05) is 10.6 Å². The summed E-state index contributed by atoms with van der Waals surface area (Å²) >= 11 is 0. The monoisotopic (exact) mass is 296 g/mol. The highest BCUT2D eigenvalue weighted by Gasteiger charge is 2.05. The lowest BCUT2D eigenvalue weighted by molar-refractivity contribution is 0.0697. The van der Waals surface area contributed by atoms with E-state index in [0.29, 0.717) is 11.4 Å². The Kier molecular flexibility index (Phi) is 3.45. The van der Waals surface area contributed by atoms with Crippen molar-refractivity contribution in [2.24, 2.45) is 0 Å². The third-order valence-electron chi connectivity index (χ3n) is 3.04. The van der Waals surface area contributed by atoms with Crippen molar-refractivity contribution in [3.8, 4) is 0 Å². The minimum Gasteiger partial charge on any atom is -0.478 e. The predicted octanol–water partition coefficient (Wildman–Crippen LogP) is 2.68. The SMILES string of the molecule is O=C(Nc1ccc(C(=O)O)cc1)Nc1ccc2nccn2c1. The Labute approximate surface area is 125 Å². The van der Waals surface area contributed by atoms with Gasteiger partial charge in [-0.2, -0.15) is 0 Å². The Balaban J connectivity index is 1.67. The normalized spacial score (nSPS) is 10.4. The van der Waals surface area contributed by atoms with Crippen molar-refractivity contribution in [2.45, 2.75) is 0 Å². The average Bonchev–Trinajstić information content (AvgIpc) is 2.95. The van der Waals surface area contributed by atoms with Gasteiger partial charge >= 0.3 is 12.0 Å². The number of amides is 2. The largest absolute Gasteiger partial charge is 0.478 e. The lowest BCUT2D eigenvalue weighted by Gasteiger charge is -2.08. The number of nitrogens with zero attached hydrogens (tertiary/aromatic N) is 2. The van der Waals surface area contributed by atoms with E-state index in [9.17, 15) is 9.59 Å². The van der Waals surface area contributed by atoms with Crippen LogP contribution in [-0.2, 0) is 0 Å². The van der Waals surface area contributed by atoms with Gasteiger partial charge in [-0.05, 0) is 36.4 Å². The Morgan fingerprint density at radius 1 is 1.00 bits per heavy atom. The molecule has 7 heteroatoms. The van der Waals surface area contributed by atoms with Crippen LogP contribution in [-0.4, -0.2) is 26.5 Å². The van der Waals surface area contributed by atoms with Crippen LogP contribution in [0.1, 0.15) is 10.4 Å². The van der Waals surface area contributed by atoms with Gasteiger partial charge in [-0.15, -0.1) is 0 Å². The highest BCUT2D eigenvalue weighted by molar-refractivity contribution is 6.00. The summed E-state index contributed by atoms with van der Waals surface area (Å²) in [7, 11) is 0. The highest BCUT2D eigenvalue weighted by Crippen LogP contribution is 2.12. The molecule has 1 aromatic carbocycles. The number of carboxylic acids is 1. The molecule has 3 aromatic rings. The number of rotatable bonds is 3. The van der Waals surface area contributed by atoms with E-state index in [1.165, 1.54) is 24.3 Å². The van der Waals surface area contributed by atoms with Crippen molar-refractivity contribution < 1.29 is 14.7 Å². The minimum absolute atomic E-state index is 0.163. The minimum atomic E-state index is -1.01. The lowest BCUT2D eigenvalue weighted by Crippen LogP contribution is -2.19. The number of hydrogen-bond acceptors (Lipinski definition) is 3. The van der Waals surface area contributed by atoms with Crippen molar-refractivity contribution in [3.63, 3.8) is 0 Å². The van der Waals surface area contributed by atoms with Crippen LogP contribution in [0.3, 0.4) is 0 Å². The van der Waals surface area contributed by atoms with Gasteiger partial charge in [0.1, 0.15) is 5.65 Å². The molecule has 0 spiro atoms. The van der Waals surface area contributed by atoms with Gasteiger partial charge in [0.25, 0.3) is 0 Å². The quantitative estimate of drug-likeness (QED) is 0.692. The number of urea groups is 1. The summed E-state index contributed by atoms with van der Waals surface area (Å²) in [6.45, 7) is 0. The molecule has 22 heavy (non-hydrogen) atoms. The summed E-state index contributed by atoms with van der Waals surface area (Å²) in [6, 6.07) is 9.03. The van der Waals surface area contributed by atoms with E-state index in [-0.39, 0.29) is 5.56 Å². The van der Waals surface area contributed by atoms with Crippen molar-refractivity contribution in [1.29, 1.82) is 0 Å². The fraction of sp³-hybridized carbons (Fsp3) is 0. The van der Waals surface area contributed by atoms with Gasteiger partial charge in [-0.25, -0.2) is 14.6 Å². The van der Waals surface area contributed by atoms with Crippen molar-refractivity contribution >= 4 is 29.0 Å². The molecule has 2 heterocycles. The van der Waals surface area contributed by atoms with E-state index in [2.05, 4.69) is 15.6 Å². The molecule has 0 fully saturated rings. The molecule has 0 aliphatic rings. The van der Waals surface area contributed by atoms with E-state index < -0.39 is 12.0 Å². The molecule has 110 valence electrons. The number of nitrogens with one attached hydrogen (secondary N) is 2. The van der Waals surface area contributed by atoms with E-state index in [4.69, 9.17) is 5.11 Å². The van der Waals surface area contributed by atoms with Gasteiger partial charge in [0.15, 0.2) is 0 Å². The number of carbonyl (C=O) groups is 2. The van der Waals surface area contributed by atoms with Gasteiger partial charge < -0.3 is 20.1 Å². The van der Waals surface area contributed by atoms with Gasteiger partial charge in [0, 0.05) is 24.3 Å². The van der Waals surface area contributed by atoms with Crippen molar-refractivity contribution in [1.82, 2.24) is 9.38 Å². The predicted molar refractivity (Wildman–Crippen MR) is 81.2 cm³/mol. The molecule has 0 radical (unpaired) electrons. The fourth-order valence-electron chi connectivity index (χ4n) is 1.98. The number of imidazole rings is 1. The zero-order valence-electron chi connectivity index (χ0n) is 11.4. The first-order valence-electron chi connectivity index (χ1n) is 6.46. The van der Waals surface area contributed by atoms with Crippen LogP contribution in [0.5, 0.6) is 0 Å². The van der Waals surface area contributed by atoms with E-state index >= 15 is 0 Å². The van der Waals surface area contributed by atoms with Gasteiger partial charge in [0.05, 0.1) is 11.3 Å². The Bertz CT molecular complexity index is 839. The number of pyridine rings is 1. The molecule has 0 aliphatic carbocycles. The molecule has 3 rings (SSSR count). The van der Waals surface area contributed by atoms with Crippen LogP contribution in [0, 0.1) is 0 Å². The second-order valence-electron chi connectivity index (χ2n) is 4.57. The van der Waals surface area contributed by atoms with Crippen LogP contribution >= 0.6 is 0 Å². The molecule has 0 saturated carbocycles. The third kappa shape index (κ3) is 2.88. The molecule has 2 amide bonds. The van der Waals surface area contributed by atoms with Crippen molar-refractivity contribution in [3.05, 3.63) is 60.6 Å². The number of aromatic carboxylic acids is 1. The second-order valence-corrected chi connectivity index (χ2v) is 4.57. The molecule has 0 atom stereocenters. The lowest BCUT2D eigenvalue weighted by atomic mass is 10.2. The standard InChI is InChI=1S/C15H12N4O3/c20-14(21)10-1-3-11(4-2-10)17-15(22)18-12-5-6-13-16-7-8-19(13)9-12/h1-9H,(H,20,21)(H2,17,18,22). The van der Waals surface area contributed by atoms with Crippen LogP contribution in [0.4, 0.5) is 16.2 Å². The summed E-state index contributed by atoms with van der Waals surface area (Å²) in [5.74, 6) is -1.01. The molecule has 2 aromatic heterocycles. The van der Waals surface area contributed by atoms with Gasteiger partial charge in [-0.1, -0.05) is 0 Å². The first-order chi connectivity index (χ1) is 10.6. The summed E-state index contributed by atoms with van der Waals surface area (Å²) in [4.78, 5) is 26.8. The number of fused-ring (bicyclic) bond motifs is 1. The van der Waals surface area contributed by atoms with Crippen LogP contribution in [0.25, 0.3) is 5.65 Å². The zero-order chi connectivity index (χ0) is 15.5. The number of hydrogen-bond donors (Lipinski definition) is 3. The Morgan fingerprint density at radius 3 is 2.41 bits per heavy atom. The smallest absolute Gasteiger partial charge is 0.335 e. The molecular formula is C15H12N4O3. The maximum absolute atomic E-state index is 11.9. The average molecular weight is 296 g/mol. The number of aromatic nitrogens is 2. The number of carbonyl (C=O) groups excluding carboxylic acids is 1. The van der Waals surface area contributed by atoms with Gasteiger partial charge in [0.2, 0.25) is 0 Å². The molecule has 0 aliphatic heterocycles. The summed E-state index contributed by atoms with van der Waals surface area (Å²) in [5.41, 5.74) is 2.07. The highest BCUT2D eigenvalue weighted by atomic mass is 16.4. The van der Waals surface area contributed by atoms with E-state index in [1.54, 1.807) is 35.1 Å². The maximum Gasteiger partial charge on any atom is 0.335 e. The van der Waals surface area contributed by atoms with E-state index in [1.807, 2.05) is 0 Å². The Hall–Kier alpha value is -3.35. The third-order valence-corrected chi connectivity index (χ3v) is 3.04. The molecule has 0 saturated heterocycles. The summed E-state index contributed by atoms with van der Waals surface area (Å²) < 4.78 is 1.79.